The van der Waals surface area contributed by atoms with Crippen molar-refractivity contribution in [2.75, 3.05) is 25.0 Å². The third kappa shape index (κ3) is 5.77. The van der Waals surface area contributed by atoms with E-state index in [1.54, 1.807) is 23.1 Å². The van der Waals surface area contributed by atoms with Gasteiger partial charge in [0.15, 0.2) is 6.19 Å². The van der Waals surface area contributed by atoms with Crippen LogP contribution in [-0.4, -0.2) is 39.0 Å². The van der Waals surface area contributed by atoms with Gasteiger partial charge < -0.3 is 10.2 Å². The molecule has 6 nitrogen and oxygen atoms in total. The molecule has 138 valence electrons. The lowest BCUT2D eigenvalue weighted by atomic mass is 9.92. The van der Waals surface area contributed by atoms with E-state index in [0.717, 1.165) is 18.7 Å². The number of benzene rings is 1. The van der Waals surface area contributed by atoms with E-state index in [2.05, 4.69) is 30.8 Å². The smallest absolute Gasteiger partial charge is 0.242 e. The molecular weight excluding hydrogens is 360 g/mol. The van der Waals surface area contributed by atoms with Gasteiger partial charge in [-0.15, -0.1) is 0 Å². The minimum atomic E-state index is -3.74. The molecule has 0 aliphatic carbocycles. The molecule has 2 rings (SSSR count). The summed E-state index contributed by atoms with van der Waals surface area (Å²) in [5.74, 6) is 0. The second-order valence-corrected chi connectivity index (χ2v) is 9.63. The Morgan fingerprint density at radius 2 is 2.12 bits per heavy atom. The summed E-state index contributed by atoms with van der Waals surface area (Å²) in [5, 5.41) is 12.3. The van der Waals surface area contributed by atoms with Crippen molar-refractivity contribution < 1.29 is 8.42 Å². The van der Waals surface area contributed by atoms with E-state index < -0.39 is 10.0 Å². The average Bonchev–Trinajstić information content (AvgIpc) is 2.94. The molecule has 8 heteroatoms. The lowest BCUT2D eigenvalue weighted by Crippen LogP contribution is -2.36. The first kappa shape index (κ1) is 19.8. The maximum atomic E-state index is 12.7. The zero-order valence-electron chi connectivity index (χ0n) is 14.8. The van der Waals surface area contributed by atoms with E-state index in [1.807, 2.05) is 6.19 Å². The number of nitriles is 1. The van der Waals surface area contributed by atoms with Crippen LogP contribution in [0.2, 0.25) is 5.02 Å². The van der Waals surface area contributed by atoms with Crippen LogP contribution < -0.4 is 10.0 Å². The molecular formula is C17H25ClN4O2S. The van der Waals surface area contributed by atoms with E-state index >= 15 is 0 Å². The second kappa shape index (κ2) is 7.81. The van der Waals surface area contributed by atoms with Crippen molar-refractivity contribution >= 4 is 27.3 Å². The number of halogens is 1. The summed E-state index contributed by atoms with van der Waals surface area (Å²) in [5.41, 5.74) is 0.921. The number of sulfonamides is 1. The number of anilines is 1. The number of likely N-dealkylation sites (tertiary alicyclic amines) is 1. The first-order valence-electron chi connectivity index (χ1n) is 8.31. The minimum Gasteiger partial charge on any atom is -0.385 e. The van der Waals surface area contributed by atoms with E-state index in [9.17, 15) is 8.42 Å². The highest BCUT2D eigenvalue weighted by atomic mass is 35.5. The van der Waals surface area contributed by atoms with Crippen LogP contribution in [0.25, 0.3) is 0 Å². The first-order chi connectivity index (χ1) is 11.6. The van der Waals surface area contributed by atoms with Crippen molar-refractivity contribution in [1.29, 1.82) is 5.26 Å². The van der Waals surface area contributed by atoms with Crippen LogP contribution in [0.3, 0.4) is 0 Å². The molecule has 0 radical (unpaired) electrons. The molecule has 1 unspecified atom stereocenters. The van der Waals surface area contributed by atoms with Crippen molar-refractivity contribution in [3.8, 4) is 6.19 Å². The highest BCUT2D eigenvalue weighted by molar-refractivity contribution is 7.89. The topological polar surface area (TPSA) is 85.2 Å². The number of hydrogen-bond donors (Lipinski definition) is 2. The van der Waals surface area contributed by atoms with Crippen LogP contribution in [0.5, 0.6) is 0 Å². The molecule has 0 aromatic heterocycles. The third-order valence-electron chi connectivity index (χ3n) is 4.08. The molecule has 1 fully saturated rings. The Hall–Kier alpha value is -1.49. The number of nitrogens with one attached hydrogen (secondary N) is 2. The third-order valence-corrected chi connectivity index (χ3v) is 6.08. The highest BCUT2D eigenvalue weighted by Gasteiger charge is 2.28. The monoisotopic (exact) mass is 384 g/mol. The average molecular weight is 385 g/mol. The molecule has 0 bridgehead atoms. The number of hydrogen-bond acceptors (Lipinski definition) is 5. The van der Waals surface area contributed by atoms with Crippen LogP contribution in [0.15, 0.2) is 23.1 Å². The van der Waals surface area contributed by atoms with Gasteiger partial charge in [0.1, 0.15) is 4.90 Å². The highest BCUT2D eigenvalue weighted by Crippen LogP contribution is 2.26. The maximum absolute atomic E-state index is 12.7. The fourth-order valence-corrected chi connectivity index (χ4v) is 4.42. The van der Waals surface area contributed by atoms with Gasteiger partial charge in [-0.1, -0.05) is 32.4 Å². The number of rotatable bonds is 6. The summed E-state index contributed by atoms with van der Waals surface area (Å²) in [7, 11) is -3.74. The second-order valence-electron chi connectivity index (χ2n) is 7.54. The number of nitrogens with zero attached hydrogens (tertiary/aromatic N) is 2. The van der Waals surface area contributed by atoms with Crippen LogP contribution in [0, 0.1) is 16.9 Å². The summed E-state index contributed by atoms with van der Waals surface area (Å²) >= 11 is 6.12. The Kier molecular flexibility index (Phi) is 6.20. The summed E-state index contributed by atoms with van der Waals surface area (Å²) in [6.07, 6.45) is 3.60. The quantitative estimate of drug-likeness (QED) is 0.736. The SMILES string of the molecule is CC(C)(C)CCNc1ccc(Cl)c(S(=O)(=O)NC2CCN(C#N)C2)c1. The van der Waals surface area contributed by atoms with Crippen LogP contribution in [0.1, 0.15) is 33.6 Å². The van der Waals surface area contributed by atoms with Gasteiger partial charge in [0.25, 0.3) is 0 Å². The Morgan fingerprint density at radius 3 is 2.72 bits per heavy atom. The van der Waals surface area contributed by atoms with Gasteiger partial charge in [-0.25, -0.2) is 13.1 Å². The normalized spacial score (nSPS) is 18.2. The van der Waals surface area contributed by atoms with Crippen LogP contribution in [-0.2, 0) is 10.0 Å². The largest absolute Gasteiger partial charge is 0.385 e. The van der Waals surface area contributed by atoms with Gasteiger partial charge in [0, 0.05) is 31.4 Å². The van der Waals surface area contributed by atoms with Gasteiger partial charge >= 0.3 is 0 Å². The maximum Gasteiger partial charge on any atom is 0.242 e. The molecule has 1 saturated heterocycles. The van der Waals surface area contributed by atoms with Gasteiger partial charge in [0.2, 0.25) is 10.0 Å². The molecule has 1 aliphatic heterocycles. The van der Waals surface area contributed by atoms with Crippen LogP contribution >= 0.6 is 11.6 Å². The molecule has 0 saturated carbocycles. The summed E-state index contributed by atoms with van der Waals surface area (Å²) in [6.45, 7) is 8.16. The Bertz CT molecular complexity index is 753. The first-order valence-corrected chi connectivity index (χ1v) is 10.2. The van der Waals surface area contributed by atoms with Crippen LogP contribution in [0.4, 0.5) is 5.69 Å². The lowest BCUT2D eigenvalue weighted by Gasteiger charge is -2.19. The lowest BCUT2D eigenvalue weighted by molar-refractivity contribution is 0.390. The fraction of sp³-hybridized carbons (Fsp3) is 0.588. The molecule has 25 heavy (non-hydrogen) atoms. The molecule has 0 spiro atoms. The van der Waals surface area contributed by atoms with Crippen molar-refractivity contribution in [1.82, 2.24) is 9.62 Å². The summed E-state index contributed by atoms with van der Waals surface area (Å²) in [4.78, 5) is 1.60. The molecule has 1 aromatic rings. The predicted molar refractivity (Wildman–Crippen MR) is 99.9 cm³/mol. The minimum absolute atomic E-state index is 0.0605. The van der Waals surface area contributed by atoms with E-state index in [0.29, 0.717) is 19.5 Å². The van der Waals surface area contributed by atoms with Crippen molar-refractivity contribution in [3.63, 3.8) is 0 Å². The van der Waals surface area contributed by atoms with Crippen molar-refractivity contribution in [2.45, 2.75) is 44.6 Å². The van der Waals surface area contributed by atoms with Gasteiger partial charge in [-0.05, 0) is 36.5 Å². The summed E-state index contributed by atoms with van der Waals surface area (Å²) < 4.78 is 28.0. The molecule has 0 amide bonds. The molecule has 1 heterocycles. The molecule has 1 aliphatic rings. The Labute approximate surface area is 155 Å². The van der Waals surface area contributed by atoms with E-state index in [4.69, 9.17) is 16.9 Å². The van der Waals surface area contributed by atoms with E-state index in [-0.39, 0.29) is 21.4 Å². The summed E-state index contributed by atoms with van der Waals surface area (Å²) in [6, 6.07) is 4.64. The van der Waals surface area contributed by atoms with Crippen molar-refractivity contribution in [2.24, 2.45) is 5.41 Å². The zero-order chi connectivity index (χ0) is 18.7. The zero-order valence-corrected chi connectivity index (χ0v) is 16.4. The molecule has 2 N–H and O–H groups in total. The Balaban J connectivity index is 2.09. The van der Waals surface area contributed by atoms with E-state index in [1.165, 1.54) is 0 Å². The molecule has 1 aromatic carbocycles. The van der Waals surface area contributed by atoms with Crippen molar-refractivity contribution in [3.05, 3.63) is 23.2 Å². The van der Waals surface area contributed by atoms with Gasteiger partial charge in [-0.3, -0.25) is 0 Å². The standard InChI is InChI=1S/C17H25ClN4O2S/c1-17(2,3)7-8-20-13-4-5-15(18)16(10-13)25(23,24)21-14-6-9-22(11-14)12-19/h4-5,10,14,20-21H,6-9,11H2,1-3H3. The van der Waals surface area contributed by atoms with Gasteiger partial charge in [0.05, 0.1) is 5.02 Å². The molecule has 1 atom stereocenters. The van der Waals surface area contributed by atoms with Gasteiger partial charge in [-0.2, -0.15) is 5.26 Å². The Morgan fingerprint density at radius 1 is 1.40 bits per heavy atom. The fourth-order valence-electron chi connectivity index (χ4n) is 2.63. The predicted octanol–water partition coefficient (Wildman–Crippen LogP) is 3.02.